The lowest BCUT2D eigenvalue weighted by Gasteiger charge is -2.21. The quantitative estimate of drug-likeness (QED) is 0.821. The molecule has 0 aromatic heterocycles. The van der Waals surface area contributed by atoms with E-state index in [1.165, 1.54) is 4.90 Å². The van der Waals surface area contributed by atoms with Crippen LogP contribution in [0.1, 0.15) is 24.3 Å². The molecular formula is C14H14N2O4. The van der Waals surface area contributed by atoms with Gasteiger partial charge < -0.3 is 15.3 Å². The Morgan fingerprint density at radius 3 is 2.70 bits per heavy atom. The van der Waals surface area contributed by atoms with Gasteiger partial charge in [0.2, 0.25) is 11.8 Å². The molecule has 2 N–H and O–H groups in total. The number of benzene rings is 1. The highest BCUT2D eigenvalue weighted by molar-refractivity contribution is 6.04. The average Bonchev–Trinajstić information content (AvgIpc) is 3.02. The second-order valence-corrected chi connectivity index (χ2v) is 5.06. The molecule has 20 heavy (non-hydrogen) atoms. The highest BCUT2D eigenvalue weighted by atomic mass is 16.4. The first-order valence-corrected chi connectivity index (χ1v) is 6.50. The van der Waals surface area contributed by atoms with Crippen molar-refractivity contribution in [3.63, 3.8) is 0 Å². The van der Waals surface area contributed by atoms with E-state index in [4.69, 9.17) is 0 Å². The Balaban J connectivity index is 1.90. The minimum Gasteiger partial charge on any atom is -0.481 e. The molecule has 0 saturated carbocycles. The van der Waals surface area contributed by atoms with E-state index in [0.29, 0.717) is 24.1 Å². The fourth-order valence-electron chi connectivity index (χ4n) is 2.81. The first kappa shape index (κ1) is 12.7. The smallest absolute Gasteiger partial charge is 0.312 e. The standard InChI is InChI=1S/C14H14N2O4/c17-12-6-5-10(15-12)13(18)16-7-9(14(19)20)8-3-1-2-4-11(8)16/h1-4,9-10H,5-7H2,(H,15,17)(H,19,20)/t9?,10-/m1/s1. The van der Waals surface area contributed by atoms with Crippen LogP contribution in [0.4, 0.5) is 5.69 Å². The molecule has 1 unspecified atom stereocenters. The summed E-state index contributed by atoms with van der Waals surface area (Å²) < 4.78 is 0. The van der Waals surface area contributed by atoms with Crippen LogP contribution in [-0.2, 0) is 14.4 Å². The van der Waals surface area contributed by atoms with E-state index in [9.17, 15) is 19.5 Å². The molecule has 1 aromatic rings. The van der Waals surface area contributed by atoms with E-state index in [1.54, 1.807) is 24.3 Å². The van der Waals surface area contributed by atoms with Crippen LogP contribution in [0.5, 0.6) is 0 Å². The van der Waals surface area contributed by atoms with Crippen molar-refractivity contribution in [2.24, 2.45) is 0 Å². The number of para-hydroxylation sites is 1. The third kappa shape index (κ3) is 1.93. The van der Waals surface area contributed by atoms with Gasteiger partial charge in [0.1, 0.15) is 12.0 Å². The number of amides is 2. The summed E-state index contributed by atoms with van der Waals surface area (Å²) >= 11 is 0. The molecule has 2 atom stereocenters. The van der Waals surface area contributed by atoms with Crippen molar-refractivity contribution < 1.29 is 19.5 Å². The van der Waals surface area contributed by atoms with Crippen LogP contribution in [0.15, 0.2) is 24.3 Å². The third-order valence-electron chi connectivity index (χ3n) is 3.83. The number of hydrogen-bond acceptors (Lipinski definition) is 3. The number of aliphatic carboxylic acids is 1. The van der Waals surface area contributed by atoms with Gasteiger partial charge in [0.15, 0.2) is 0 Å². The van der Waals surface area contributed by atoms with Gasteiger partial charge in [0.25, 0.3) is 0 Å². The lowest BCUT2D eigenvalue weighted by Crippen LogP contribution is -2.44. The monoisotopic (exact) mass is 274 g/mol. The van der Waals surface area contributed by atoms with E-state index in [2.05, 4.69) is 5.32 Å². The number of carbonyl (C=O) groups excluding carboxylic acids is 2. The number of carboxylic acids is 1. The molecule has 2 amide bonds. The minimum absolute atomic E-state index is 0.125. The molecule has 6 heteroatoms. The first-order valence-electron chi connectivity index (χ1n) is 6.50. The van der Waals surface area contributed by atoms with Gasteiger partial charge in [-0.15, -0.1) is 0 Å². The van der Waals surface area contributed by atoms with Crippen molar-refractivity contribution >= 4 is 23.5 Å². The molecule has 0 spiro atoms. The summed E-state index contributed by atoms with van der Waals surface area (Å²) in [5, 5.41) is 11.9. The Morgan fingerprint density at radius 2 is 2.05 bits per heavy atom. The second kappa shape index (κ2) is 4.63. The van der Waals surface area contributed by atoms with Crippen LogP contribution >= 0.6 is 0 Å². The van der Waals surface area contributed by atoms with Gasteiger partial charge in [-0.05, 0) is 18.1 Å². The fourth-order valence-corrected chi connectivity index (χ4v) is 2.81. The number of rotatable bonds is 2. The Morgan fingerprint density at radius 1 is 1.30 bits per heavy atom. The lowest BCUT2D eigenvalue weighted by molar-refractivity contribution is -0.138. The average molecular weight is 274 g/mol. The number of anilines is 1. The number of fused-ring (bicyclic) bond motifs is 1. The Kier molecular flexibility index (Phi) is 2.93. The topological polar surface area (TPSA) is 86.7 Å². The maximum Gasteiger partial charge on any atom is 0.312 e. The number of nitrogens with zero attached hydrogens (tertiary/aromatic N) is 1. The minimum atomic E-state index is -0.941. The summed E-state index contributed by atoms with van der Waals surface area (Å²) in [6, 6.07) is 6.47. The van der Waals surface area contributed by atoms with Crippen molar-refractivity contribution in [1.82, 2.24) is 5.32 Å². The van der Waals surface area contributed by atoms with Crippen LogP contribution in [-0.4, -0.2) is 35.5 Å². The number of carbonyl (C=O) groups is 3. The van der Waals surface area contributed by atoms with Gasteiger partial charge in [-0.1, -0.05) is 18.2 Å². The maximum atomic E-state index is 12.4. The molecule has 2 aliphatic heterocycles. The van der Waals surface area contributed by atoms with Crippen LogP contribution in [0, 0.1) is 0 Å². The Labute approximate surface area is 115 Å². The lowest BCUT2D eigenvalue weighted by atomic mass is 10.0. The summed E-state index contributed by atoms with van der Waals surface area (Å²) in [5.74, 6) is -2.01. The van der Waals surface area contributed by atoms with Gasteiger partial charge in [-0.2, -0.15) is 0 Å². The van der Waals surface area contributed by atoms with Gasteiger partial charge in [0, 0.05) is 18.7 Å². The Bertz CT molecular complexity index is 599. The largest absolute Gasteiger partial charge is 0.481 e. The van der Waals surface area contributed by atoms with E-state index in [1.807, 2.05) is 0 Å². The highest BCUT2D eigenvalue weighted by Gasteiger charge is 2.40. The predicted molar refractivity (Wildman–Crippen MR) is 70.3 cm³/mol. The van der Waals surface area contributed by atoms with E-state index < -0.39 is 17.9 Å². The second-order valence-electron chi connectivity index (χ2n) is 5.06. The summed E-state index contributed by atoms with van der Waals surface area (Å²) in [6.07, 6.45) is 0.808. The van der Waals surface area contributed by atoms with Crippen molar-refractivity contribution in [2.45, 2.75) is 24.8 Å². The van der Waals surface area contributed by atoms with Gasteiger partial charge in [-0.25, -0.2) is 0 Å². The summed E-state index contributed by atoms with van der Waals surface area (Å²) in [7, 11) is 0. The number of carboxylic acid groups (broad SMARTS) is 1. The summed E-state index contributed by atoms with van der Waals surface area (Å²) in [6.45, 7) is 0.125. The molecule has 0 radical (unpaired) electrons. The molecular weight excluding hydrogens is 260 g/mol. The molecule has 1 saturated heterocycles. The van der Waals surface area contributed by atoms with Crippen molar-refractivity contribution in [1.29, 1.82) is 0 Å². The van der Waals surface area contributed by atoms with Crippen LogP contribution < -0.4 is 10.2 Å². The molecule has 3 rings (SSSR count). The van der Waals surface area contributed by atoms with Gasteiger partial charge in [0.05, 0.1) is 0 Å². The highest BCUT2D eigenvalue weighted by Crippen LogP contribution is 2.36. The van der Waals surface area contributed by atoms with Crippen LogP contribution in [0.2, 0.25) is 0 Å². The van der Waals surface area contributed by atoms with Crippen LogP contribution in [0.25, 0.3) is 0 Å². The third-order valence-corrected chi connectivity index (χ3v) is 3.83. The summed E-state index contributed by atoms with van der Waals surface area (Å²) in [5.41, 5.74) is 1.28. The molecule has 2 aliphatic rings. The van der Waals surface area contributed by atoms with Crippen LogP contribution in [0.3, 0.4) is 0 Å². The zero-order chi connectivity index (χ0) is 14.3. The normalized spacial score (nSPS) is 24.4. The predicted octanol–water partition coefficient (Wildman–Crippen LogP) is 0.480. The number of nitrogens with one attached hydrogen (secondary N) is 1. The molecule has 0 aliphatic carbocycles. The van der Waals surface area contributed by atoms with Gasteiger partial charge >= 0.3 is 5.97 Å². The van der Waals surface area contributed by atoms with Crippen molar-refractivity contribution in [2.75, 3.05) is 11.4 Å². The molecule has 1 fully saturated rings. The zero-order valence-corrected chi connectivity index (χ0v) is 10.7. The Hall–Kier alpha value is -2.37. The zero-order valence-electron chi connectivity index (χ0n) is 10.7. The van der Waals surface area contributed by atoms with E-state index >= 15 is 0 Å². The van der Waals surface area contributed by atoms with Crippen molar-refractivity contribution in [3.8, 4) is 0 Å². The molecule has 1 aromatic carbocycles. The van der Waals surface area contributed by atoms with Crippen molar-refractivity contribution in [3.05, 3.63) is 29.8 Å². The van der Waals surface area contributed by atoms with E-state index in [0.717, 1.165) is 0 Å². The maximum absolute atomic E-state index is 12.4. The van der Waals surface area contributed by atoms with Gasteiger partial charge in [-0.3, -0.25) is 14.4 Å². The molecule has 104 valence electrons. The van der Waals surface area contributed by atoms with E-state index in [-0.39, 0.29) is 18.4 Å². The molecule has 0 bridgehead atoms. The number of hydrogen-bond donors (Lipinski definition) is 2. The first-order chi connectivity index (χ1) is 9.58. The molecule has 2 heterocycles. The fraction of sp³-hybridized carbons (Fsp3) is 0.357. The molecule has 6 nitrogen and oxygen atoms in total. The SMILES string of the molecule is O=C1CC[C@H](C(=O)N2CC(C(=O)O)c3ccccc32)N1. The summed E-state index contributed by atoms with van der Waals surface area (Å²) in [4.78, 5) is 36.4.